The van der Waals surface area contributed by atoms with Crippen LogP contribution in [0.4, 0.5) is 0 Å². The Balaban J connectivity index is 2.78. The number of halogens is 1. The third kappa shape index (κ3) is 4.63. The molecule has 0 aliphatic rings. The maximum Gasteiger partial charge on any atom is 0.243 e. The molecule has 0 unspecified atom stereocenters. The zero-order valence-corrected chi connectivity index (χ0v) is 13.8. The van der Waals surface area contributed by atoms with Crippen LogP contribution in [0.25, 0.3) is 0 Å². The van der Waals surface area contributed by atoms with Crippen molar-refractivity contribution in [3.8, 4) is 0 Å². The van der Waals surface area contributed by atoms with Crippen molar-refractivity contribution in [3.05, 3.63) is 34.3 Å². The Morgan fingerprint density at radius 1 is 1.10 bits per heavy atom. The van der Waals surface area contributed by atoms with E-state index in [1.807, 2.05) is 45.0 Å². The van der Waals surface area contributed by atoms with Crippen molar-refractivity contribution in [1.82, 2.24) is 10.6 Å². The number of rotatable bonds is 5. The average Bonchev–Trinajstić information content (AvgIpc) is 2.35. The minimum absolute atomic E-state index is 0.0327. The van der Waals surface area contributed by atoms with Crippen molar-refractivity contribution in [3.63, 3.8) is 0 Å². The van der Waals surface area contributed by atoms with Crippen molar-refractivity contribution in [2.24, 2.45) is 5.92 Å². The summed E-state index contributed by atoms with van der Waals surface area (Å²) in [6.07, 6.45) is 0. The van der Waals surface area contributed by atoms with Crippen LogP contribution in [0.1, 0.15) is 39.3 Å². The molecule has 0 spiro atoms. The zero-order valence-electron chi connectivity index (χ0n) is 12.2. The van der Waals surface area contributed by atoms with Crippen LogP contribution in [0.3, 0.4) is 0 Å². The van der Waals surface area contributed by atoms with E-state index in [0.29, 0.717) is 0 Å². The lowest BCUT2D eigenvalue weighted by Gasteiger charge is -2.24. The predicted molar refractivity (Wildman–Crippen MR) is 83.1 cm³/mol. The maximum absolute atomic E-state index is 12.3. The highest BCUT2D eigenvalue weighted by atomic mass is 79.9. The number of carbonyl (C=O) groups excluding carboxylic acids is 2. The number of hydrogen-bond acceptors (Lipinski definition) is 2. The fourth-order valence-corrected chi connectivity index (χ4v) is 2.59. The highest BCUT2D eigenvalue weighted by molar-refractivity contribution is 9.10. The first-order valence-electron chi connectivity index (χ1n) is 6.64. The van der Waals surface area contributed by atoms with Gasteiger partial charge in [-0.1, -0.05) is 48.0 Å². The van der Waals surface area contributed by atoms with Gasteiger partial charge in [0.1, 0.15) is 6.04 Å². The third-order valence-electron chi connectivity index (χ3n) is 3.04. The van der Waals surface area contributed by atoms with Crippen LogP contribution in [0.15, 0.2) is 28.7 Å². The summed E-state index contributed by atoms with van der Waals surface area (Å²) >= 11 is 3.47. The molecule has 110 valence electrons. The van der Waals surface area contributed by atoms with Crippen molar-refractivity contribution < 1.29 is 9.59 Å². The summed E-state index contributed by atoms with van der Waals surface area (Å²) in [6.45, 7) is 7.15. The topological polar surface area (TPSA) is 58.2 Å². The quantitative estimate of drug-likeness (QED) is 0.865. The van der Waals surface area contributed by atoms with Gasteiger partial charge in [0.2, 0.25) is 11.8 Å². The number of benzene rings is 1. The van der Waals surface area contributed by atoms with E-state index in [-0.39, 0.29) is 23.8 Å². The monoisotopic (exact) mass is 340 g/mol. The van der Waals surface area contributed by atoms with Crippen LogP contribution in [0, 0.1) is 5.92 Å². The largest absolute Gasteiger partial charge is 0.348 e. The van der Waals surface area contributed by atoms with Gasteiger partial charge in [0.25, 0.3) is 0 Å². The summed E-state index contributed by atoms with van der Waals surface area (Å²) < 4.78 is 0.952. The van der Waals surface area contributed by atoms with E-state index in [2.05, 4.69) is 26.6 Å². The van der Waals surface area contributed by atoms with Gasteiger partial charge >= 0.3 is 0 Å². The number of carbonyl (C=O) groups is 2. The molecular weight excluding hydrogens is 320 g/mol. The molecule has 4 nitrogen and oxygen atoms in total. The Bertz CT molecular complexity index is 489. The standard InChI is InChI=1S/C15H21BrN2O2/c1-9(2)14(18-11(4)19)15(20)17-10(3)12-7-5-6-8-13(12)16/h5-10,14H,1-4H3,(H,17,20)(H,18,19)/t10-,14-/m0/s1. The van der Waals surface area contributed by atoms with Crippen molar-refractivity contribution in [1.29, 1.82) is 0 Å². The van der Waals surface area contributed by atoms with Crippen LogP contribution >= 0.6 is 15.9 Å². The van der Waals surface area contributed by atoms with Crippen molar-refractivity contribution >= 4 is 27.7 Å². The molecule has 0 aliphatic carbocycles. The molecule has 0 saturated carbocycles. The summed E-state index contributed by atoms with van der Waals surface area (Å²) in [5, 5.41) is 5.63. The first-order valence-corrected chi connectivity index (χ1v) is 7.44. The normalized spacial score (nSPS) is 13.7. The second kappa shape index (κ2) is 7.43. The molecule has 1 aromatic rings. The van der Waals surface area contributed by atoms with E-state index in [4.69, 9.17) is 0 Å². The molecular formula is C15H21BrN2O2. The minimum atomic E-state index is -0.516. The molecule has 2 amide bonds. The molecule has 0 aliphatic heterocycles. The molecule has 0 heterocycles. The third-order valence-corrected chi connectivity index (χ3v) is 3.76. The number of nitrogens with one attached hydrogen (secondary N) is 2. The lowest BCUT2D eigenvalue weighted by Crippen LogP contribution is -2.49. The first-order chi connectivity index (χ1) is 9.32. The molecule has 0 saturated heterocycles. The van der Waals surface area contributed by atoms with E-state index in [9.17, 15) is 9.59 Å². The lowest BCUT2D eigenvalue weighted by molar-refractivity contribution is -0.129. The molecule has 20 heavy (non-hydrogen) atoms. The molecule has 0 aromatic heterocycles. The van der Waals surface area contributed by atoms with Gasteiger partial charge in [-0.2, -0.15) is 0 Å². The van der Waals surface area contributed by atoms with Gasteiger partial charge in [-0.05, 0) is 24.5 Å². The van der Waals surface area contributed by atoms with Gasteiger partial charge in [0.15, 0.2) is 0 Å². The molecule has 1 aromatic carbocycles. The average molecular weight is 341 g/mol. The number of amides is 2. The molecule has 0 bridgehead atoms. The second-order valence-corrected chi connectivity index (χ2v) is 6.03. The summed E-state index contributed by atoms with van der Waals surface area (Å²) in [5.41, 5.74) is 1.01. The Kier molecular flexibility index (Phi) is 6.20. The Morgan fingerprint density at radius 3 is 2.20 bits per heavy atom. The van der Waals surface area contributed by atoms with Crippen LogP contribution in [-0.4, -0.2) is 17.9 Å². The molecule has 1 rings (SSSR count). The lowest BCUT2D eigenvalue weighted by atomic mass is 10.0. The van der Waals surface area contributed by atoms with E-state index in [0.717, 1.165) is 10.0 Å². The van der Waals surface area contributed by atoms with Crippen LogP contribution in [-0.2, 0) is 9.59 Å². The zero-order chi connectivity index (χ0) is 15.3. The Hall–Kier alpha value is -1.36. The predicted octanol–water partition coefficient (Wildman–Crippen LogP) is 2.79. The summed E-state index contributed by atoms with van der Waals surface area (Å²) in [7, 11) is 0. The van der Waals surface area contributed by atoms with E-state index in [1.54, 1.807) is 0 Å². The van der Waals surface area contributed by atoms with Crippen LogP contribution in [0.5, 0.6) is 0 Å². The molecule has 2 atom stereocenters. The molecule has 0 fully saturated rings. The smallest absolute Gasteiger partial charge is 0.243 e. The molecule has 5 heteroatoms. The van der Waals surface area contributed by atoms with Gasteiger partial charge < -0.3 is 10.6 Å². The molecule has 0 radical (unpaired) electrons. The van der Waals surface area contributed by atoms with E-state index >= 15 is 0 Å². The molecule has 2 N–H and O–H groups in total. The fraction of sp³-hybridized carbons (Fsp3) is 0.467. The SMILES string of the molecule is CC(=O)N[C@H](C(=O)N[C@@H](C)c1ccccc1Br)C(C)C. The first kappa shape index (κ1) is 16.7. The van der Waals surface area contributed by atoms with E-state index in [1.165, 1.54) is 6.92 Å². The van der Waals surface area contributed by atoms with E-state index < -0.39 is 6.04 Å². The Morgan fingerprint density at radius 2 is 1.70 bits per heavy atom. The van der Waals surface area contributed by atoms with Crippen LogP contribution in [0.2, 0.25) is 0 Å². The van der Waals surface area contributed by atoms with Crippen LogP contribution < -0.4 is 10.6 Å². The maximum atomic E-state index is 12.3. The van der Waals surface area contributed by atoms with Gasteiger partial charge in [-0.25, -0.2) is 0 Å². The highest BCUT2D eigenvalue weighted by Gasteiger charge is 2.24. The summed E-state index contributed by atoms with van der Waals surface area (Å²) in [6, 6.07) is 7.10. The van der Waals surface area contributed by atoms with Gasteiger partial charge in [0.05, 0.1) is 6.04 Å². The van der Waals surface area contributed by atoms with Crippen molar-refractivity contribution in [2.45, 2.75) is 39.8 Å². The summed E-state index contributed by atoms with van der Waals surface area (Å²) in [4.78, 5) is 23.4. The van der Waals surface area contributed by atoms with Gasteiger partial charge in [0, 0.05) is 11.4 Å². The number of hydrogen-bond donors (Lipinski definition) is 2. The second-order valence-electron chi connectivity index (χ2n) is 5.17. The highest BCUT2D eigenvalue weighted by Crippen LogP contribution is 2.22. The van der Waals surface area contributed by atoms with Gasteiger partial charge in [-0.15, -0.1) is 0 Å². The minimum Gasteiger partial charge on any atom is -0.348 e. The van der Waals surface area contributed by atoms with Crippen molar-refractivity contribution in [2.75, 3.05) is 0 Å². The summed E-state index contributed by atoms with van der Waals surface area (Å²) in [5.74, 6) is -0.337. The van der Waals surface area contributed by atoms with Gasteiger partial charge in [-0.3, -0.25) is 9.59 Å². The Labute approximate surface area is 128 Å². The fourth-order valence-electron chi connectivity index (χ4n) is 1.96.